The zero-order valence-electron chi connectivity index (χ0n) is 11.8. The summed E-state index contributed by atoms with van der Waals surface area (Å²) in [7, 11) is 0. The zero-order chi connectivity index (χ0) is 14.2. The molecule has 0 spiro atoms. The van der Waals surface area contributed by atoms with Crippen LogP contribution in [0.25, 0.3) is 10.2 Å². The highest BCUT2D eigenvalue weighted by atomic mass is 35.5. The van der Waals surface area contributed by atoms with E-state index in [4.69, 9.17) is 0 Å². The summed E-state index contributed by atoms with van der Waals surface area (Å²) in [6, 6.07) is 6.67. The molecular formula is C16H15ClFN3S. The number of aryl methyl sites for hydroxylation is 2. The minimum Gasteiger partial charge on any atom is -0.337 e. The fourth-order valence-corrected chi connectivity index (χ4v) is 4.10. The van der Waals surface area contributed by atoms with Crippen molar-refractivity contribution in [1.82, 2.24) is 9.97 Å². The Bertz CT molecular complexity index is 818. The molecule has 0 radical (unpaired) electrons. The molecule has 0 fully saturated rings. The van der Waals surface area contributed by atoms with Gasteiger partial charge in [-0.3, -0.25) is 0 Å². The first-order valence-corrected chi connectivity index (χ1v) is 7.91. The topological polar surface area (TPSA) is 37.8 Å². The number of benzene rings is 1. The number of nitrogens with zero attached hydrogens (tertiary/aromatic N) is 2. The van der Waals surface area contributed by atoms with Gasteiger partial charge in [0, 0.05) is 4.88 Å². The highest BCUT2D eigenvalue weighted by molar-refractivity contribution is 7.19. The Morgan fingerprint density at radius 3 is 2.77 bits per heavy atom. The molecule has 0 atom stereocenters. The van der Waals surface area contributed by atoms with Gasteiger partial charge in [-0.25, -0.2) is 14.4 Å². The molecule has 2 aromatic heterocycles. The number of anilines is 2. The average Bonchev–Trinajstić information content (AvgIpc) is 2.89. The third-order valence-corrected chi connectivity index (χ3v) is 5.08. The molecule has 4 rings (SSSR count). The van der Waals surface area contributed by atoms with E-state index in [0.29, 0.717) is 11.5 Å². The lowest BCUT2D eigenvalue weighted by molar-refractivity contribution is 0.632. The van der Waals surface area contributed by atoms with Crippen LogP contribution in [0.15, 0.2) is 30.6 Å². The fourth-order valence-electron chi connectivity index (χ4n) is 2.88. The molecule has 3 nitrogen and oxygen atoms in total. The highest BCUT2D eigenvalue weighted by Crippen LogP contribution is 2.38. The first kappa shape index (κ1) is 15.2. The van der Waals surface area contributed by atoms with Crippen molar-refractivity contribution >= 4 is 45.5 Å². The maximum absolute atomic E-state index is 13.8. The van der Waals surface area contributed by atoms with Gasteiger partial charge in [-0.2, -0.15) is 0 Å². The first-order valence-electron chi connectivity index (χ1n) is 7.10. The molecule has 1 aliphatic carbocycles. The number of fused-ring (bicyclic) bond motifs is 3. The van der Waals surface area contributed by atoms with Crippen LogP contribution >= 0.6 is 23.7 Å². The summed E-state index contributed by atoms with van der Waals surface area (Å²) in [6.07, 6.45) is 6.17. The fraction of sp³-hybridized carbons (Fsp3) is 0.250. The van der Waals surface area contributed by atoms with E-state index in [1.165, 1.54) is 29.3 Å². The summed E-state index contributed by atoms with van der Waals surface area (Å²) in [4.78, 5) is 11.1. The lowest BCUT2D eigenvalue weighted by atomic mass is 9.97. The van der Waals surface area contributed by atoms with Gasteiger partial charge in [0.05, 0.1) is 11.1 Å². The lowest BCUT2D eigenvalue weighted by Crippen LogP contribution is -2.01. The second kappa shape index (κ2) is 6.18. The smallest absolute Gasteiger partial charge is 0.146 e. The van der Waals surface area contributed by atoms with Crippen LogP contribution in [0, 0.1) is 5.82 Å². The first-order chi connectivity index (χ1) is 10.3. The molecule has 3 aromatic rings. The van der Waals surface area contributed by atoms with Gasteiger partial charge in [0.15, 0.2) is 0 Å². The van der Waals surface area contributed by atoms with Gasteiger partial charge in [-0.1, -0.05) is 12.1 Å². The number of thiophene rings is 1. The largest absolute Gasteiger partial charge is 0.337 e. The summed E-state index contributed by atoms with van der Waals surface area (Å²) in [5, 5.41) is 4.20. The van der Waals surface area contributed by atoms with Crippen molar-refractivity contribution in [3.05, 3.63) is 46.9 Å². The second-order valence-corrected chi connectivity index (χ2v) is 6.30. The van der Waals surface area contributed by atoms with E-state index in [9.17, 15) is 4.39 Å². The number of hydrogen-bond donors (Lipinski definition) is 1. The van der Waals surface area contributed by atoms with E-state index in [2.05, 4.69) is 15.3 Å². The van der Waals surface area contributed by atoms with Crippen LogP contribution in [0.5, 0.6) is 0 Å². The predicted molar refractivity (Wildman–Crippen MR) is 91.0 cm³/mol. The Morgan fingerprint density at radius 2 is 1.91 bits per heavy atom. The SMILES string of the molecule is Cl.Fc1ccccc1Nc1ncnc2sc3c(c12)CCCC3. The van der Waals surface area contributed by atoms with E-state index in [1.807, 2.05) is 6.07 Å². The Labute approximate surface area is 138 Å². The van der Waals surface area contributed by atoms with Crippen molar-refractivity contribution in [3.63, 3.8) is 0 Å². The van der Waals surface area contributed by atoms with Crippen molar-refractivity contribution in [1.29, 1.82) is 0 Å². The van der Waals surface area contributed by atoms with E-state index in [1.54, 1.807) is 29.8 Å². The second-order valence-electron chi connectivity index (χ2n) is 5.22. The molecule has 6 heteroatoms. The van der Waals surface area contributed by atoms with Crippen LogP contribution < -0.4 is 5.32 Å². The van der Waals surface area contributed by atoms with Crippen molar-refractivity contribution in [2.45, 2.75) is 25.7 Å². The number of nitrogens with one attached hydrogen (secondary N) is 1. The maximum atomic E-state index is 13.8. The third kappa shape index (κ3) is 2.55. The summed E-state index contributed by atoms with van der Waals surface area (Å²) < 4.78 is 13.8. The quantitative estimate of drug-likeness (QED) is 0.725. The molecule has 1 aromatic carbocycles. The average molecular weight is 336 g/mol. The van der Waals surface area contributed by atoms with E-state index < -0.39 is 0 Å². The van der Waals surface area contributed by atoms with Crippen molar-refractivity contribution in [2.24, 2.45) is 0 Å². The summed E-state index contributed by atoms with van der Waals surface area (Å²) in [5.41, 5.74) is 1.80. The highest BCUT2D eigenvalue weighted by Gasteiger charge is 2.20. The van der Waals surface area contributed by atoms with Crippen LogP contribution in [0.3, 0.4) is 0 Å². The zero-order valence-corrected chi connectivity index (χ0v) is 13.4. The number of rotatable bonds is 2. The summed E-state index contributed by atoms with van der Waals surface area (Å²) in [5.74, 6) is 0.442. The van der Waals surface area contributed by atoms with Gasteiger partial charge in [-0.15, -0.1) is 23.7 Å². The Morgan fingerprint density at radius 1 is 1.09 bits per heavy atom. The van der Waals surface area contributed by atoms with E-state index >= 15 is 0 Å². The molecule has 2 heterocycles. The molecule has 1 aliphatic rings. The van der Waals surface area contributed by atoms with Gasteiger partial charge in [0.1, 0.15) is 22.8 Å². The number of halogens is 2. The molecule has 0 saturated carbocycles. The van der Waals surface area contributed by atoms with Crippen LogP contribution in [0.2, 0.25) is 0 Å². The van der Waals surface area contributed by atoms with Crippen molar-refractivity contribution in [3.8, 4) is 0 Å². The third-order valence-electron chi connectivity index (χ3n) is 3.88. The Hall–Kier alpha value is -1.72. The number of hydrogen-bond acceptors (Lipinski definition) is 4. The minimum absolute atomic E-state index is 0. The Kier molecular flexibility index (Phi) is 4.27. The van der Waals surface area contributed by atoms with Crippen LogP contribution in [-0.4, -0.2) is 9.97 Å². The lowest BCUT2D eigenvalue weighted by Gasteiger charge is -2.12. The Balaban J connectivity index is 0.00000144. The molecule has 114 valence electrons. The minimum atomic E-state index is -0.270. The normalized spacial score (nSPS) is 13.5. The summed E-state index contributed by atoms with van der Waals surface area (Å²) in [6.45, 7) is 0. The van der Waals surface area contributed by atoms with E-state index in [-0.39, 0.29) is 18.2 Å². The molecular weight excluding hydrogens is 321 g/mol. The van der Waals surface area contributed by atoms with Gasteiger partial charge < -0.3 is 5.32 Å². The summed E-state index contributed by atoms with van der Waals surface area (Å²) >= 11 is 1.74. The van der Waals surface area contributed by atoms with Gasteiger partial charge in [0.25, 0.3) is 0 Å². The van der Waals surface area contributed by atoms with Gasteiger partial charge in [-0.05, 0) is 43.4 Å². The van der Waals surface area contributed by atoms with E-state index in [0.717, 1.165) is 23.1 Å². The molecule has 0 saturated heterocycles. The van der Waals surface area contributed by atoms with Crippen LogP contribution in [-0.2, 0) is 12.8 Å². The van der Waals surface area contributed by atoms with Crippen LogP contribution in [0.1, 0.15) is 23.3 Å². The van der Waals surface area contributed by atoms with Crippen molar-refractivity contribution in [2.75, 3.05) is 5.32 Å². The molecule has 0 unspecified atom stereocenters. The van der Waals surface area contributed by atoms with Gasteiger partial charge in [0.2, 0.25) is 0 Å². The molecule has 0 bridgehead atoms. The molecule has 0 aliphatic heterocycles. The predicted octanol–water partition coefficient (Wildman–Crippen LogP) is 4.87. The maximum Gasteiger partial charge on any atom is 0.146 e. The number of aromatic nitrogens is 2. The standard InChI is InChI=1S/C16H14FN3S.ClH/c17-11-6-2-3-7-12(11)20-15-14-10-5-1-4-8-13(10)21-16(14)19-9-18-15;/h2-3,6-7,9H,1,4-5,8H2,(H,18,19,20);1H. The van der Waals surface area contributed by atoms with Gasteiger partial charge >= 0.3 is 0 Å². The monoisotopic (exact) mass is 335 g/mol. The number of para-hydroxylation sites is 1. The van der Waals surface area contributed by atoms with Crippen molar-refractivity contribution < 1.29 is 4.39 Å². The molecule has 0 amide bonds. The molecule has 22 heavy (non-hydrogen) atoms. The van der Waals surface area contributed by atoms with Crippen LogP contribution in [0.4, 0.5) is 15.9 Å². The molecule has 1 N–H and O–H groups in total.